The monoisotopic (exact) mass is 301 g/mol. The first kappa shape index (κ1) is 12.8. The van der Waals surface area contributed by atoms with Crippen molar-refractivity contribution in [2.24, 2.45) is 0 Å². The summed E-state index contributed by atoms with van der Waals surface area (Å²) in [4.78, 5) is 0. The fraction of sp³-hybridized carbons (Fsp3) is 0.538. The third kappa shape index (κ3) is 2.99. The summed E-state index contributed by atoms with van der Waals surface area (Å²) in [5, 5.41) is 3.46. The second-order valence-electron chi connectivity index (χ2n) is 4.67. The maximum Gasteiger partial charge on any atom is 0.166 e. The van der Waals surface area contributed by atoms with Gasteiger partial charge in [0.1, 0.15) is 0 Å². The van der Waals surface area contributed by atoms with Crippen molar-refractivity contribution in [1.82, 2.24) is 5.32 Å². The van der Waals surface area contributed by atoms with Crippen molar-refractivity contribution in [3.63, 3.8) is 0 Å². The van der Waals surface area contributed by atoms with Gasteiger partial charge in [0.05, 0.1) is 6.61 Å². The van der Waals surface area contributed by atoms with E-state index in [0.29, 0.717) is 18.4 Å². The summed E-state index contributed by atoms with van der Waals surface area (Å²) < 4.78 is 20.1. The van der Waals surface area contributed by atoms with Crippen molar-refractivity contribution in [2.75, 3.05) is 6.61 Å². The van der Waals surface area contributed by atoms with Crippen LogP contribution in [0.15, 0.2) is 16.6 Å². The number of hydrogen-bond donors (Lipinski definition) is 1. The highest BCUT2D eigenvalue weighted by molar-refractivity contribution is 9.10. The Morgan fingerprint density at radius 1 is 1.47 bits per heavy atom. The third-order valence-corrected chi connectivity index (χ3v) is 3.29. The minimum atomic E-state index is -0.285. The molecule has 4 heteroatoms. The van der Waals surface area contributed by atoms with Gasteiger partial charge in [-0.05, 0) is 25.0 Å². The molecule has 0 saturated heterocycles. The van der Waals surface area contributed by atoms with E-state index in [9.17, 15) is 4.39 Å². The predicted molar refractivity (Wildman–Crippen MR) is 69.8 cm³/mol. The molecule has 1 unspecified atom stereocenters. The average molecular weight is 302 g/mol. The molecule has 0 aromatic heterocycles. The molecule has 0 fully saturated rings. The molecule has 0 bridgehead atoms. The highest BCUT2D eigenvalue weighted by atomic mass is 79.9. The number of benzene rings is 1. The molecule has 1 aliphatic heterocycles. The fourth-order valence-electron chi connectivity index (χ4n) is 2.18. The van der Waals surface area contributed by atoms with E-state index in [-0.39, 0.29) is 11.9 Å². The summed E-state index contributed by atoms with van der Waals surface area (Å²) in [6, 6.07) is 3.94. The summed E-state index contributed by atoms with van der Waals surface area (Å²) in [6.45, 7) is 4.78. The molecule has 2 rings (SSSR count). The number of nitrogens with one attached hydrogen (secondary N) is 1. The van der Waals surface area contributed by atoms with Crippen molar-refractivity contribution in [1.29, 1.82) is 0 Å². The first-order valence-corrected chi connectivity index (χ1v) is 6.75. The average Bonchev–Trinajstić information content (AvgIpc) is 2.41. The summed E-state index contributed by atoms with van der Waals surface area (Å²) in [7, 11) is 0. The second-order valence-corrected chi connectivity index (χ2v) is 5.59. The van der Waals surface area contributed by atoms with E-state index in [2.05, 4.69) is 35.1 Å². The molecule has 1 aliphatic rings. The molecule has 0 saturated carbocycles. The van der Waals surface area contributed by atoms with E-state index in [0.717, 1.165) is 22.9 Å². The van der Waals surface area contributed by atoms with Gasteiger partial charge in [0, 0.05) is 22.1 Å². The van der Waals surface area contributed by atoms with Crippen LogP contribution in [0.5, 0.6) is 5.75 Å². The van der Waals surface area contributed by atoms with Gasteiger partial charge in [-0.1, -0.05) is 29.8 Å². The summed E-state index contributed by atoms with van der Waals surface area (Å²) >= 11 is 3.34. The SMILES string of the molecule is CC(C)NC1CCCOc2c(F)cc(Br)cc21. The van der Waals surface area contributed by atoms with Crippen LogP contribution < -0.4 is 10.1 Å². The molecule has 0 amide bonds. The standard InChI is InChI=1S/C13H17BrFNO/c1-8(2)16-12-4-3-5-17-13-10(12)6-9(14)7-11(13)15/h6-8,12,16H,3-5H2,1-2H3. The summed E-state index contributed by atoms with van der Waals surface area (Å²) in [5.41, 5.74) is 0.920. The number of halogens is 2. The zero-order chi connectivity index (χ0) is 12.4. The zero-order valence-electron chi connectivity index (χ0n) is 10.1. The Morgan fingerprint density at radius 2 is 2.24 bits per heavy atom. The lowest BCUT2D eigenvalue weighted by Gasteiger charge is -2.21. The maximum atomic E-state index is 13.8. The molecular weight excluding hydrogens is 285 g/mol. The molecule has 1 aromatic carbocycles. The van der Waals surface area contributed by atoms with E-state index in [1.165, 1.54) is 6.07 Å². The predicted octanol–water partition coefficient (Wildman–Crippen LogP) is 3.80. The first-order valence-electron chi connectivity index (χ1n) is 5.95. The Labute approximate surface area is 110 Å². The lowest BCUT2D eigenvalue weighted by molar-refractivity contribution is 0.300. The Hall–Kier alpha value is -0.610. The number of rotatable bonds is 2. The highest BCUT2D eigenvalue weighted by Gasteiger charge is 2.23. The number of ether oxygens (including phenoxy) is 1. The van der Waals surface area contributed by atoms with Gasteiger partial charge in [0.25, 0.3) is 0 Å². The third-order valence-electron chi connectivity index (χ3n) is 2.83. The number of hydrogen-bond acceptors (Lipinski definition) is 2. The van der Waals surface area contributed by atoms with Gasteiger partial charge in [0.15, 0.2) is 11.6 Å². The van der Waals surface area contributed by atoms with Crippen molar-refractivity contribution in [3.8, 4) is 5.75 Å². The van der Waals surface area contributed by atoms with E-state index >= 15 is 0 Å². The molecular formula is C13H17BrFNO. The molecule has 94 valence electrons. The van der Waals surface area contributed by atoms with Crippen LogP contribution in [0.25, 0.3) is 0 Å². The molecule has 0 spiro atoms. The summed E-state index contributed by atoms with van der Waals surface area (Å²) in [5.74, 6) is 0.121. The lowest BCUT2D eigenvalue weighted by atomic mass is 10.0. The number of fused-ring (bicyclic) bond motifs is 1. The van der Waals surface area contributed by atoms with E-state index in [1.807, 2.05) is 6.07 Å². The molecule has 0 aliphatic carbocycles. The van der Waals surface area contributed by atoms with Gasteiger partial charge in [-0.3, -0.25) is 0 Å². The zero-order valence-corrected chi connectivity index (χ0v) is 11.7. The smallest absolute Gasteiger partial charge is 0.166 e. The van der Waals surface area contributed by atoms with E-state index in [1.54, 1.807) is 0 Å². The van der Waals surface area contributed by atoms with Crippen LogP contribution in [0.2, 0.25) is 0 Å². The Morgan fingerprint density at radius 3 is 2.94 bits per heavy atom. The topological polar surface area (TPSA) is 21.3 Å². The van der Waals surface area contributed by atoms with Crippen LogP contribution in [0.1, 0.15) is 38.3 Å². The van der Waals surface area contributed by atoms with Crippen LogP contribution in [-0.2, 0) is 0 Å². The molecule has 1 N–H and O–H groups in total. The van der Waals surface area contributed by atoms with Gasteiger partial charge < -0.3 is 10.1 Å². The quantitative estimate of drug-likeness (QED) is 0.897. The fourth-order valence-corrected chi connectivity index (χ4v) is 2.63. The van der Waals surface area contributed by atoms with Crippen molar-refractivity contribution >= 4 is 15.9 Å². The van der Waals surface area contributed by atoms with Crippen LogP contribution in [0.3, 0.4) is 0 Å². The van der Waals surface area contributed by atoms with E-state index < -0.39 is 0 Å². The largest absolute Gasteiger partial charge is 0.490 e. The first-order chi connectivity index (χ1) is 8.08. The van der Waals surface area contributed by atoms with Gasteiger partial charge >= 0.3 is 0 Å². The minimum Gasteiger partial charge on any atom is -0.490 e. The Bertz CT molecular complexity index is 409. The van der Waals surface area contributed by atoms with Crippen LogP contribution in [0.4, 0.5) is 4.39 Å². The Kier molecular flexibility index (Phi) is 4.05. The van der Waals surface area contributed by atoms with Crippen LogP contribution in [0, 0.1) is 5.82 Å². The van der Waals surface area contributed by atoms with Crippen LogP contribution >= 0.6 is 15.9 Å². The molecule has 1 atom stereocenters. The maximum absolute atomic E-state index is 13.8. The molecule has 1 heterocycles. The summed E-state index contributed by atoms with van der Waals surface area (Å²) in [6.07, 6.45) is 1.91. The molecule has 1 aromatic rings. The van der Waals surface area contributed by atoms with Gasteiger partial charge in [-0.15, -0.1) is 0 Å². The van der Waals surface area contributed by atoms with Gasteiger partial charge in [-0.25, -0.2) is 4.39 Å². The van der Waals surface area contributed by atoms with Crippen LogP contribution in [-0.4, -0.2) is 12.6 Å². The van der Waals surface area contributed by atoms with E-state index in [4.69, 9.17) is 4.74 Å². The van der Waals surface area contributed by atoms with Crippen molar-refractivity contribution in [3.05, 3.63) is 28.0 Å². The second kappa shape index (κ2) is 5.36. The molecule has 0 radical (unpaired) electrons. The minimum absolute atomic E-state index is 0.166. The highest BCUT2D eigenvalue weighted by Crippen LogP contribution is 2.36. The lowest BCUT2D eigenvalue weighted by Crippen LogP contribution is -2.28. The van der Waals surface area contributed by atoms with Crippen molar-refractivity contribution < 1.29 is 9.13 Å². The normalized spacial score (nSPS) is 19.7. The van der Waals surface area contributed by atoms with Crippen molar-refractivity contribution in [2.45, 2.75) is 38.8 Å². The molecule has 17 heavy (non-hydrogen) atoms. The molecule has 2 nitrogen and oxygen atoms in total. The Balaban J connectivity index is 2.40. The van der Waals surface area contributed by atoms with Gasteiger partial charge in [0.2, 0.25) is 0 Å². The van der Waals surface area contributed by atoms with Gasteiger partial charge in [-0.2, -0.15) is 0 Å².